The summed E-state index contributed by atoms with van der Waals surface area (Å²) >= 11 is 8.04. The summed E-state index contributed by atoms with van der Waals surface area (Å²) in [7, 11) is 0. The van der Waals surface area contributed by atoms with E-state index in [2.05, 4.69) is 26.1 Å². The highest BCUT2D eigenvalue weighted by molar-refractivity contribution is 7.99. The first-order chi connectivity index (χ1) is 17.7. The maximum Gasteiger partial charge on any atom is 0.294 e. The number of anilines is 1. The van der Waals surface area contributed by atoms with Crippen molar-refractivity contribution in [2.45, 2.75) is 70.0 Å². The molecular formula is C30H37ClN2O3S. The third-order valence-corrected chi connectivity index (χ3v) is 8.53. The van der Waals surface area contributed by atoms with Gasteiger partial charge in [-0.2, -0.15) is 11.8 Å². The molecule has 1 N–H and O–H groups in total. The number of carbonyl (C=O) groups is 2. The van der Waals surface area contributed by atoms with Crippen LogP contribution in [0.15, 0.2) is 48.2 Å². The van der Waals surface area contributed by atoms with Crippen molar-refractivity contribution in [3.05, 3.63) is 64.4 Å². The molecule has 0 radical (unpaired) electrons. The van der Waals surface area contributed by atoms with Crippen molar-refractivity contribution in [2.24, 2.45) is 0 Å². The summed E-state index contributed by atoms with van der Waals surface area (Å²) in [5, 5.41) is 4.41. The second-order valence-corrected chi connectivity index (χ2v) is 12.7. The second kappa shape index (κ2) is 12.4. The Morgan fingerprint density at radius 1 is 1.14 bits per heavy atom. The van der Waals surface area contributed by atoms with Crippen molar-refractivity contribution in [3.63, 3.8) is 0 Å². The molecule has 2 aliphatic rings. The van der Waals surface area contributed by atoms with Gasteiger partial charge in [-0.15, -0.1) is 0 Å². The van der Waals surface area contributed by atoms with Crippen LogP contribution in [0.4, 0.5) is 5.69 Å². The van der Waals surface area contributed by atoms with Crippen LogP contribution in [0.5, 0.6) is 5.75 Å². The number of nitrogens with zero attached hydrogens (tertiary/aromatic N) is 1. The van der Waals surface area contributed by atoms with Gasteiger partial charge >= 0.3 is 0 Å². The average molecular weight is 541 g/mol. The Balaban J connectivity index is 1.45. The van der Waals surface area contributed by atoms with Gasteiger partial charge in [0.1, 0.15) is 6.54 Å². The lowest BCUT2D eigenvalue weighted by Crippen LogP contribution is -2.44. The highest BCUT2D eigenvalue weighted by atomic mass is 35.5. The van der Waals surface area contributed by atoms with E-state index in [1.807, 2.05) is 42.1 Å². The van der Waals surface area contributed by atoms with Crippen molar-refractivity contribution >= 4 is 46.9 Å². The molecule has 1 aliphatic heterocycles. The zero-order valence-corrected chi connectivity index (χ0v) is 23.6. The quantitative estimate of drug-likeness (QED) is 0.290. The van der Waals surface area contributed by atoms with Gasteiger partial charge in [-0.3, -0.25) is 14.5 Å². The number of hydrogen-bond donors (Lipinski definition) is 1. The minimum absolute atomic E-state index is 0.0590. The average Bonchev–Trinajstić information content (AvgIpc) is 2.87. The predicted molar refractivity (Wildman–Crippen MR) is 155 cm³/mol. The van der Waals surface area contributed by atoms with Crippen LogP contribution < -0.4 is 15.0 Å². The standard InChI is InChI=1S/C30H37ClN2O3S/c1-30(2,3)22-12-15-26-25(19-22)33(29(35)27(36-26)18-21-10-13-23(31)14-11-21)20-28(34)32-16-7-17-37-24-8-5-4-6-9-24/h10-15,18-19,24H,4-9,16-17,20H2,1-3H3,(H,32,34). The highest BCUT2D eigenvalue weighted by Crippen LogP contribution is 2.39. The normalized spacial score (nSPS) is 17.5. The largest absolute Gasteiger partial charge is 0.449 e. The van der Waals surface area contributed by atoms with Gasteiger partial charge in [-0.05, 0) is 71.9 Å². The summed E-state index contributed by atoms with van der Waals surface area (Å²) in [5.41, 5.74) is 2.37. The zero-order valence-electron chi connectivity index (χ0n) is 22.0. The predicted octanol–water partition coefficient (Wildman–Crippen LogP) is 6.98. The molecule has 0 saturated heterocycles. The Bertz CT molecular complexity index is 1130. The van der Waals surface area contributed by atoms with E-state index >= 15 is 0 Å². The van der Waals surface area contributed by atoms with Crippen LogP contribution in [0.25, 0.3) is 6.08 Å². The summed E-state index contributed by atoms with van der Waals surface area (Å²) < 4.78 is 6.03. The fourth-order valence-electron chi connectivity index (χ4n) is 4.63. The molecule has 0 unspecified atom stereocenters. The molecule has 7 heteroatoms. The SMILES string of the molecule is CC(C)(C)c1ccc2c(c1)N(CC(=O)NCCCSC1CCCCC1)C(=O)C(=Cc1ccc(Cl)cc1)O2. The number of rotatable bonds is 8. The number of amides is 2. The van der Waals surface area contributed by atoms with Crippen molar-refractivity contribution in [2.75, 3.05) is 23.7 Å². The topological polar surface area (TPSA) is 58.6 Å². The van der Waals surface area contributed by atoms with Crippen molar-refractivity contribution in [1.82, 2.24) is 5.32 Å². The first-order valence-corrected chi connectivity index (χ1v) is 14.6. The summed E-state index contributed by atoms with van der Waals surface area (Å²) in [6.45, 7) is 6.91. The number of thioether (sulfide) groups is 1. The van der Waals surface area contributed by atoms with Crippen LogP contribution in [0, 0.1) is 0 Å². The molecule has 2 amide bonds. The maximum atomic E-state index is 13.5. The third-order valence-electron chi connectivity index (χ3n) is 6.81. The fourth-order valence-corrected chi connectivity index (χ4v) is 6.06. The number of hydrogen-bond acceptors (Lipinski definition) is 4. The van der Waals surface area contributed by atoms with Gasteiger partial charge in [0, 0.05) is 16.8 Å². The van der Waals surface area contributed by atoms with Gasteiger partial charge in [0.2, 0.25) is 5.91 Å². The van der Waals surface area contributed by atoms with E-state index in [-0.39, 0.29) is 29.5 Å². The molecule has 0 atom stereocenters. The number of nitrogens with one attached hydrogen (secondary N) is 1. The van der Waals surface area contributed by atoms with E-state index in [1.165, 1.54) is 37.0 Å². The maximum absolute atomic E-state index is 13.5. The summed E-state index contributed by atoms with van der Waals surface area (Å²) in [5.74, 6) is 1.28. The van der Waals surface area contributed by atoms with E-state index in [4.69, 9.17) is 16.3 Å². The molecule has 1 aliphatic carbocycles. The van der Waals surface area contributed by atoms with Gasteiger partial charge < -0.3 is 10.1 Å². The molecule has 1 fully saturated rings. The molecule has 37 heavy (non-hydrogen) atoms. The molecule has 0 spiro atoms. The van der Waals surface area contributed by atoms with Crippen molar-refractivity contribution in [3.8, 4) is 5.75 Å². The Labute approximate surface area is 230 Å². The smallest absolute Gasteiger partial charge is 0.294 e. The molecule has 2 aromatic rings. The van der Waals surface area contributed by atoms with E-state index in [0.717, 1.165) is 28.6 Å². The number of fused-ring (bicyclic) bond motifs is 1. The first-order valence-electron chi connectivity index (χ1n) is 13.2. The molecule has 1 heterocycles. The van der Waals surface area contributed by atoms with Crippen LogP contribution in [-0.2, 0) is 15.0 Å². The second-order valence-electron chi connectivity index (χ2n) is 10.8. The molecule has 4 rings (SSSR count). The first kappa shape index (κ1) is 27.6. The summed E-state index contributed by atoms with van der Waals surface area (Å²) in [4.78, 5) is 28.0. The number of halogens is 1. The molecule has 0 bridgehead atoms. The summed E-state index contributed by atoms with van der Waals surface area (Å²) in [6, 6.07) is 13.0. The lowest BCUT2D eigenvalue weighted by Gasteiger charge is -2.32. The van der Waals surface area contributed by atoms with Crippen molar-refractivity contribution < 1.29 is 14.3 Å². The van der Waals surface area contributed by atoms with Gasteiger partial charge in [0.05, 0.1) is 5.69 Å². The van der Waals surface area contributed by atoms with Crippen LogP contribution in [0.1, 0.15) is 70.4 Å². The monoisotopic (exact) mass is 540 g/mol. The lowest BCUT2D eigenvalue weighted by atomic mass is 9.86. The van der Waals surface area contributed by atoms with Crippen molar-refractivity contribution in [1.29, 1.82) is 0 Å². The minimum Gasteiger partial charge on any atom is -0.449 e. The molecule has 2 aromatic carbocycles. The Morgan fingerprint density at radius 2 is 1.86 bits per heavy atom. The molecule has 198 valence electrons. The van der Waals surface area contributed by atoms with E-state index in [0.29, 0.717) is 23.0 Å². The Morgan fingerprint density at radius 3 is 2.57 bits per heavy atom. The van der Waals surface area contributed by atoms with Gasteiger partial charge in [0.15, 0.2) is 11.5 Å². The molecule has 5 nitrogen and oxygen atoms in total. The zero-order chi connectivity index (χ0) is 26.4. The molecule has 1 saturated carbocycles. The number of carbonyl (C=O) groups excluding carboxylic acids is 2. The third kappa shape index (κ3) is 7.55. The van der Waals surface area contributed by atoms with E-state index in [9.17, 15) is 9.59 Å². The lowest BCUT2D eigenvalue weighted by molar-refractivity contribution is -0.123. The van der Waals surface area contributed by atoms with Crippen LogP contribution in [-0.4, -0.2) is 35.9 Å². The van der Waals surface area contributed by atoms with E-state index in [1.54, 1.807) is 18.2 Å². The van der Waals surface area contributed by atoms with Crippen LogP contribution >= 0.6 is 23.4 Å². The van der Waals surface area contributed by atoms with Crippen LogP contribution in [0.3, 0.4) is 0 Å². The fraction of sp³-hybridized carbons (Fsp3) is 0.467. The minimum atomic E-state index is -0.337. The number of benzene rings is 2. The van der Waals surface area contributed by atoms with Gasteiger partial charge in [-0.25, -0.2) is 0 Å². The van der Waals surface area contributed by atoms with E-state index < -0.39 is 0 Å². The summed E-state index contributed by atoms with van der Waals surface area (Å²) in [6.07, 6.45) is 9.30. The van der Waals surface area contributed by atoms with Gasteiger partial charge in [0.25, 0.3) is 5.91 Å². The molecule has 0 aromatic heterocycles. The van der Waals surface area contributed by atoms with Crippen LogP contribution in [0.2, 0.25) is 5.02 Å². The Hall–Kier alpha value is -2.44. The number of ether oxygens (including phenoxy) is 1. The highest BCUT2D eigenvalue weighted by Gasteiger charge is 2.33. The van der Waals surface area contributed by atoms with Gasteiger partial charge in [-0.1, -0.05) is 69.8 Å². The Kier molecular flexibility index (Phi) is 9.25. The molecular weight excluding hydrogens is 504 g/mol.